The van der Waals surface area contributed by atoms with Gasteiger partial charge in [0.05, 0.1) is 5.41 Å². The number of hydrogen-bond donors (Lipinski definition) is 1. The molecule has 3 heteroatoms. The lowest BCUT2D eigenvalue weighted by Gasteiger charge is -2.44. The van der Waals surface area contributed by atoms with E-state index in [0.717, 1.165) is 12.8 Å². The van der Waals surface area contributed by atoms with Crippen molar-refractivity contribution < 1.29 is 9.59 Å². The van der Waals surface area contributed by atoms with Crippen LogP contribution in [0, 0.1) is 17.3 Å². The van der Waals surface area contributed by atoms with Crippen molar-refractivity contribution in [2.45, 2.75) is 33.1 Å². The van der Waals surface area contributed by atoms with Gasteiger partial charge in [-0.15, -0.1) is 0 Å². The predicted molar refractivity (Wildman–Crippen MR) is 47.8 cm³/mol. The zero-order valence-corrected chi connectivity index (χ0v) is 8.09. The molecule has 1 saturated heterocycles. The van der Waals surface area contributed by atoms with Gasteiger partial charge >= 0.3 is 0 Å². The zero-order chi connectivity index (χ0) is 9.64. The third-order valence-electron chi connectivity index (χ3n) is 3.48. The average Bonchev–Trinajstić information content (AvgIpc) is 2.21. The van der Waals surface area contributed by atoms with E-state index in [1.807, 2.05) is 0 Å². The molecule has 0 aromatic heterocycles. The number of rotatable bonds is 1. The molecule has 0 atom stereocenters. The minimum atomic E-state index is -0.300. The number of carbonyl (C=O) groups excluding carboxylic acids is 2. The fourth-order valence-corrected chi connectivity index (χ4v) is 2.44. The van der Waals surface area contributed by atoms with Crippen molar-refractivity contribution in [2.24, 2.45) is 17.3 Å². The van der Waals surface area contributed by atoms with Gasteiger partial charge in [-0.3, -0.25) is 14.9 Å². The van der Waals surface area contributed by atoms with Crippen molar-refractivity contribution in [1.29, 1.82) is 0 Å². The summed E-state index contributed by atoms with van der Waals surface area (Å²) >= 11 is 0. The summed E-state index contributed by atoms with van der Waals surface area (Å²) in [6.45, 7) is 4.35. The quantitative estimate of drug-likeness (QED) is 0.615. The number of nitrogens with one attached hydrogen (secondary N) is 1. The summed E-state index contributed by atoms with van der Waals surface area (Å²) < 4.78 is 0. The first-order valence-corrected chi connectivity index (χ1v) is 4.88. The minimum Gasteiger partial charge on any atom is -0.296 e. The molecule has 72 valence electrons. The van der Waals surface area contributed by atoms with E-state index in [2.05, 4.69) is 19.2 Å². The normalized spacial score (nSPS) is 38.2. The summed E-state index contributed by atoms with van der Waals surface area (Å²) in [5.41, 5.74) is -0.300. The van der Waals surface area contributed by atoms with Crippen LogP contribution >= 0.6 is 0 Å². The molecule has 0 aromatic carbocycles. The Balaban J connectivity index is 2.03. The number of hydrogen-bond acceptors (Lipinski definition) is 2. The van der Waals surface area contributed by atoms with Gasteiger partial charge in [-0.25, -0.2) is 0 Å². The van der Waals surface area contributed by atoms with Crippen molar-refractivity contribution >= 4 is 11.8 Å². The Bertz CT molecular complexity index is 264. The van der Waals surface area contributed by atoms with E-state index in [9.17, 15) is 9.59 Å². The van der Waals surface area contributed by atoms with E-state index >= 15 is 0 Å². The van der Waals surface area contributed by atoms with Gasteiger partial charge in [0.25, 0.3) is 0 Å². The van der Waals surface area contributed by atoms with Crippen molar-refractivity contribution in [3.8, 4) is 0 Å². The minimum absolute atomic E-state index is 0.0330. The molecule has 0 unspecified atom stereocenters. The highest BCUT2D eigenvalue weighted by Crippen LogP contribution is 2.53. The summed E-state index contributed by atoms with van der Waals surface area (Å²) in [5.74, 6) is 1.15. The topological polar surface area (TPSA) is 46.2 Å². The van der Waals surface area contributed by atoms with Gasteiger partial charge in [-0.1, -0.05) is 13.8 Å². The highest BCUT2D eigenvalue weighted by Gasteiger charge is 2.55. The second-order valence-electron chi connectivity index (χ2n) is 4.75. The van der Waals surface area contributed by atoms with Crippen LogP contribution in [0.3, 0.4) is 0 Å². The molecule has 2 aliphatic rings. The van der Waals surface area contributed by atoms with E-state index in [-0.39, 0.29) is 17.2 Å². The molecule has 2 rings (SSSR count). The standard InChI is InChI=1S/C10H15NO2/c1-6(2)7-3-10(4-7)5-8(12)11-9(10)13/h6-7H,3-5H2,1-2H3,(H,11,12,13). The van der Waals surface area contributed by atoms with Crippen LogP contribution in [0.25, 0.3) is 0 Å². The summed E-state index contributed by atoms with van der Waals surface area (Å²) in [4.78, 5) is 22.4. The fraction of sp³-hybridized carbons (Fsp3) is 0.800. The molecule has 0 aromatic rings. The number of amides is 2. The Labute approximate surface area is 77.9 Å². The lowest BCUT2D eigenvalue weighted by molar-refractivity contribution is -0.135. The Morgan fingerprint density at radius 2 is 2.00 bits per heavy atom. The SMILES string of the molecule is CC(C)C1CC2(CC(=O)NC2=O)C1. The molecule has 3 nitrogen and oxygen atoms in total. The van der Waals surface area contributed by atoms with E-state index in [0.29, 0.717) is 18.3 Å². The molecule has 0 radical (unpaired) electrons. The molecule has 1 heterocycles. The smallest absolute Gasteiger partial charge is 0.233 e. The first-order chi connectivity index (χ1) is 6.03. The van der Waals surface area contributed by atoms with Crippen LogP contribution in [-0.4, -0.2) is 11.8 Å². The van der Waals surface area contributed by atoms with Crippen molar-refractivity contribution in [1.82, 2.24) is 5.32 Å². The molecule has 1 saturated carbocycles. The fourth-order valence-electron chi connectivity index (χ4n) is 2.44. The molecule has 1 spiro atoms. The molecular weight excluding hydrogens is 166 g/mol. The Morgan fingerprint density at radius 1 is 1.38 bits per heavy atom. The molecule has 13 heavy (non-hydrogen) atoms. The summed E-state index contributed by atoms with van der Waals surface area (Å²) in [6.07, 6.45) is 2.24. The monoisotopic (exact) mass is 181 g/mol. The largest absolute Gasteiger partial charge is 0.296 e. The van der Waals surface area contributed by atoms with Gasteiger partial charge in [0.15, 0.2) is 0 Å². The van der Waals surface area contributed by atoms with E-state index in [1.54, 1.807) is 0 Å². The molecule has 1 aliphatic carbocycles. The second-order valence-corrected chi connectivity index (χ2v) is 4.75. The second kappa shape index (κ2) is 2.56. The average molecular weight is 181 g/mol. The molecule has 2 fully saturated rings. The van der Waals surface area contributed by atoms with Gasteiger partial charge in [0.2, 0.25) is 11.8 Å². The Morgan fingerprint density at radius 3 is 2.38 bits per heavy atom. The molecular formula is C10H15NO2. The van der Waals surface area contributed by atoms with Crippen LogP contribution < -0.4 is 5.32 Å². The molecule has 2 amide bonds. The first-order valence-electron chi connectivity index (χ1n) is 4.88. The third-order valence-corrected chi connectivity index (χ3v) is 3.48. The van der Waals surface area contributed by atoms with Crippen molar-refractivity contribution in [3.63, 3.8) is 0 Å². The van der Waals surface area contributed by atoms with Gasteiger partial charge in [0, 0.05) is 6.42 Å². The van der Waals surface area contributed by atoms with E-state index in [4.69, 9.17) is 0 Å². The van der Waals surface area contributed by atoms with Crippen LogP contribution in [-0.2, 0) is 9.59 Å². The highest BCUT2D eigenvalue weighted by molar-refractivity contribution is 6.06. The van der Waals surface area contributed by atoms with E-state index < -0.39 is 0 Å². The maximum absolute atomic E-state index is 11.4. The molecule has 1 aliphatic heterocycles. The molecule has 0 bridgehead atoms. The zero-order valence-electron chi connectivity index (χ0n) is 8.09. The maximum atomic E-state index is 11.4. The van der Waals surface area contributed by atoms with Crippen LogP contribution in [0.2, 0.25) is 0 Å². The maximum Gasteiger partial charge on any atom is 0.233 e. The lowest BCUT2D eigenvalue weighted by atomic mass is 9.58. The first kappa shape index (κ1) is 8.73. The highest BCUT2D eigenvalue weighted by atomic mass is 16.2. The van der Waals surface area contributed by atoms with E-state index in [1.165, 1.54) is 0 Å². The predicted octanol–water partition coefficient (Wildman–Crippen LogP) is 1.09. The van der Waals surface area contributed by atoms with Crippen LogP contribution in [0.5, 0.6) is 0 Å². The van der Waals surface area contributed by atoms with Crippen LogP contribution in [0.4, 0.5) is 0 Å². The number of carbonyl (C=O) groups is 2. The van der Waals surface area contributed by atoms with Gasteiger partial charge in [-0.05, 0) is 24.7 Å². The molecule has 1 N–H and O–H groups in total. The van der Waals surface area contributed by atoms with Crippen molar-refractivity contribution in [3.05, 3.63) is 0 Å². The van der Waals surface area contributed by atoms with Crippen LogP contribution in [0.15, 0.2) is 0 Å². The summed E-state index contributed by atoms with van der Waals surface area (Å²) in [7, 11) is 0. The van der Waals surface area contributed by atoms with Crippen molar-refractivity contribution in [2.75, 3.05) is 0 Å². The van der Waals surface area contributed by atoms with Gasteiger partial charge in [-0.2, -0.15) is 0 Å². The Hall–Kier alpha value is -0.860. The lowest BCUT2D eigenvalue weighted by Crippen LogP contribution is -2.44. The van der Waals surface area contributed by atoms with Crippen LogP contribution in [0.1, 0.15) is 33.1 Å². The third kappa shape index (κ3) is 1.18. The van der Waals surface area contributed by atoms with Gasteiger partial charge < -0.3 is 0 Å². The summed E-state index contributed by atoms with van der Waals surface area (Å²) in [5, 5.41) is 2.39. The van der Waals surface area contributed by atoms with Gasteiger partial charge in [0.1, 0.15) is 0 Å². The number of imide groups is 1. The Kier molecular flexibility index (Phi) is 1.72. The summed E-state index contributed by atoms with van der Waals surface area (Å²) in [6, 6.07) is 0.